The number of hydrogen-bond donors (Lipinski definition) is 2. The molecule has 0 aliphatic rings. The van der Waals surface area contributed by atoms with Gasteiger partial charge in [0.15, 0.2) is 0 Å². The van der Waals surface area contributed by atoms with Crippen molar-refractivity contribution in [3.05, 3.63) is 53.6 Å². The Morgan fingerprint density at radius 2 is 1.46 bits per heavy atom. The number of anilines is 2. The smallest absolute Gasteiger partial charge is 0.337 e. The van der Waals surface area contributed by atoms with Crippen LogP contribution in [-0.2, 0) is 4.74 Å². The number of nitrogens with two attached hydrogens (primary N) is 1. The second-order valence-corrected chi connectivity index (χ2v) is 5.44. The summed E-state index contributed by atoms with van der Waals surface area (Å²) in [5.41, 5.74) is 7.73. The van der Waals surface area contributed by atoms with Crippen LogP contribution in [0.5, 0.6) is 5.75 Å². The number of benzene rings is 2. The number of amides is 1. The van der Waals surface area contributed by atoms with Crippen molar-refractivity contribution in [3.63, 3.8) is 0 Å². The molecular weight excluding hydrogens is 356 g/mol. The SMILES string of the molecule is CC.CC.COC(=O)c1ccc(NC(=O)c2ccc(N)c(OC(C)C)c2)cc1. The average Bonchev–Trinajstić information content (AvgIpc) is 2.72. The van der Waals surface area contributed by atoms with Crippen molar-refractivity contribution in [3.8, 4) is 5.75 Å². The summed E-state index contributed by atoms with van der Waals surface area (Å²) in [7, 11) is 1.32. The zero-order chi connectivity index (χ0) is 21.7. The van der Waals surface area contributed by atoms with Gasteiger partial charge in [-0.1, -0.05) is 27.7 Å². The lowest BCUT2D eigenvalue weighted by Crippen LogP contribution is -2.14. The van der Waals surface area contributed by atoms with Gasteiger partial charge in [0.1, 0.15) is 5.75 Å². The second-order valence-electron chi connectivity index (χ2n) is 5.44. The van der Waals surface area contributed by atoms with Gasteiger partial charge in [0.25, 0.3) is 5.91 Å². The molecule has 0 fully saturated rings. The van der Waals surface area contributed by atoms with Crippen LogP contribution in [0.3, 0.4) is 0 Å². The maximum Gasteiger partial charge on any atom is 0.337 e. The summed E-state index contributed by atoms with van der Waals surface area (Å²) in [6, 6.07) is 11.3. The highest BCUT2D eigenvalue weighted by molar-refractivity contribution is 6.05. The van der Waals surface area contributed by atoms with Crippen molar-refractivity contribution < 1.29 is 19.1 Å². The highest BCUT2D eigenvalue weighted by Gasteiger charge is 2.11. The molecule has 0 radical (unpaired) electrons. The third-order valence-corrected chi connectivity index (χ3v) is 3.20. The second kappa shape index (κ2) is 13.2. The Hall–Kier alpha value is -3.02. The molecule has 0 bridgehead atoms. The molecule has 2 aromatic carbocycles. The lowest BCUT2D eigenvalue weighted by atomic mass is 10.1. The fraction of sp³-hybridized carbons (Fsp3) is 0.364. The third kappa shape index (κ3) is 7.70. The van der Waals surface area contributed by atoms with E-state index in [2.05, 4.69) is 10.1 Å². The molecule has 2 rings (SSSR count). The molecule has 0 aliphatic heterocycles. The summed E-state index contributed by atoms with van der Waals surface area (Å²) in [5.74, 6) is -0.255. The van der Waals surface area contributed by atoms with Crippen LogP contribution in [0.25, 0.3) is 0 Å². The number of esters is 1. The van der Waals surface area contributed by atoms with Crippen LogP contribution in [0.2, 0.25) is 0 Å². The average molecular weight is 389 g/mol. The Morgan fingerprint density at radius 1 is 0.929 bits per heavy atom. The van der Waals surface area contributed by atoms with E-state index in [0.717, 1.165) is 0 Å². The van der Waals surface area contributed by atoms with Gasteiger partial charge in [-0.3, -0.25) is 4.79 Å². The molecule has 6 nitrogen and oxygen atoms in total. The van der Waals surface area contributed by atoms with Crippen molar-refractivity contribution in [2.75, 3.05) is 18.2 Å². The Kier molecular flexibility index (Phi) is 11.8. The zero-order valence-corrected chi connectivity index (χ0v) is 17.8. The summed E-state index contributed by atoms with van der Waals surface area (Å²) in [6.07, 6.45) is -0.0449. The van der Waals surface area contributed by atoms with Gasteiger partial charge in [-0.15, -0.1) is 0 Å². The molecule has 0 aliphatic carbocycles. The maximum absolute atomic E-state index is 12.3. The van der Waals surface area contributed by atoms with Gasteiger partial charge in [0.05, 0.1) is 24.5 Å². The van der Waals surface area contributed by atoms with Crippen molar-refractivity contribution >= 4 is 23.3 Å². The van der Waals surface area contributed by atoms with E-state index < -0.39 is 5.97 Å². The molecule has 0 aromatic heterocycles. The van der Waals surface area contributed by atoms with E-state index in [1.165, 1.54) is 7.11 Å². The number of nitrogens with one attached hydrogen (secondary N) is 1. The molecule has 28 heavy (non-hydrogen) atoms. The van der Waals surface area contributed by atoms with Crippen LogP contribution < -0.4 is 15.8 Å². The summed E-state index contributed by atoms with van der Waals surface area (Å²) in [4.78, 5) is 23.7. The minimum atomic E-state index is -0.429. The molecule has 6 heteroatoms. The van der Waals surface area contributed by atoms with Crippen molar-refractivity contribution in [2.45, 2.75) is 47.6 Å². The summed E-state index contributed by atoms with van der Waals surface area (Å²) >= 11 is 0. The van der Waals surface area contributed by atoms with E-state index in [1.54, 1.807) is 42.5 Å². The first kappa shape index (κ1) is 25.0. The molecule has 0 heterocycles. The van der Waals surface area contributed by atoms with E-state index in [-0.39, 0.29) is 12.0 Å². The highest BCUT2D eigenvalue weighted by atomic mass is 16.5. The van der Waals surface area contributed by atoms with Crippen LogP contribution >= 0.6 is 0 Å². The summed E-state index contributed by atoms with van der Waals surface area (Å²) < 4.78 is 10.2. The largest absolute Gasteiger partial charge is 0.489 e. The van der Waals surface area contributed by atoms with E-state index in [0.29, 0.717) is 28.3 Å². The van der Waals surface area contributed by atoms with Gasteiger partial charge in [-0.25, -0.2) is 4.79 Å². The first-order chi connectivity index (χ1) is 13.4. The lowest BCUT2D eigenvalue weighted by molar-refractivity contribution is 0.0600. The van der Waals surface area contributed by atoms with Crippen LogP contribution in [0.4, 0.5) is 11.4 Å². The van der Waals surface area contributed by atoms with Crippen molar-refractivity contribution in [1.82, 2.24) is 0 Å². The molecule has 0 atom stereocenters. The van der Waals surface area contributed by atoms with E-state index in [4.69, 9.17) is 10.5 Å². The van der Waals surface area contributed by atoms with E-state index >= 15 is 0 Å². The first-order valence-corrected chi connectivity index (χ1v) is 9.46. The van der Waals surface area contributed by atoms with Gasteiger partial charge in [0, 0.05) is 11.3 Å². The Labute approximate surface area is 168 Å². The predicted octanol–water partition coefficient (Wildman–Crippen LogP) is 5.15. The Balaban J connectivity index is 0.00000171. The van der Waals surface area contributed by atoms with Crippen LogP contribution in [-0.4, -0.2) is 25.1 Å². The molecular formula is C22H32N2O4. The van der Waals surface area contributed by atoms with Gasteiger partial charge in [-0.2, -0.15) is 0 Å². The topological polar surface area (TPSA) is 90.7 Å². The number of nitrogen functional groups attached to an aromatic ring is 1. The Bertz CT molecular complexity index is 741. The number of ether oxygens (including phenoxy) is 2. The first-order valence-electron chi connectivity index (χ1n) is 9.46. The zero-order valence-electron chi connectivity index (χ0n) is 17.8. The van der Waals surface area contributed by atoms with E-state index in [9.17, 15) is 9.59 Å². The molecule has 2 aromatic rings. The number of hydrogen-bond acceptors (Lipinski definition) is 5. The molecule has 0 saturated heterocycles. The fourth-order valence-corrected chi connectivity index (χ4v) is 2.04. The van der Waals surface area contributed by atoms with Gasteiger partial charge < -0.3 is 20.5 Å². The maximum atomic E-state index is 12.3. The van der Waals surface area contributed by atoms with Crippen molar-refractivity contribution in [2.24, 2.45) is 0 Å². The molecule has 0 spiro atoms. The van der Waals surface area contributed by atoms with Crippen LogP contribution in [0.1, 0.15) is 62.3 Å². The number of carbonyl (C=O) groups excluding carboxylic acids is 2. The minimum absolute atomic E-state index is 0.0449. The van der Waals surface area contributed by atoms with Crippen LogP contribution in [0, 0.1) is 0 Å². The Morgan fingerprint density at radius 3 is 1.96 bits per heavy atom. The third-order valence-electron chi connectivity index (χ3n) is 3.20. The predicted molar refractivity (Wildman–Crippen MR) is 115 cm³/mol. The molecule has 154 valence electrons. The van der Waals surface area contributed by atoms with E-state index in [1.807, 2.05) is 41.5 Å². The number of carbonyl (C=O) groups is 2. The van der Waals surface area contributed by atoms with Gasteiger partial charge in [-0.05, 0) is 56.3 Å². The monoisotopic (exact) mass is 388 g/mol. The van der Waals surface area contributed by atoms with Crippen LogP contribution in [0.15, 0.2) is 42.5 Å². The van der Waals surface area contributed by atoms with Gasteiger partial charge in [0.2, 0.25) is 0 Å². The fourth-order valence-electron chi connectivity index (χ4n) is 2.04. The standard InChI is InChI=1S/C18H20N2O4.2C2H6/c1-11(2)24-16-10-13(6-9-15(16)19)17(21)20-14-7-4-12(5-8-14)18(22)23-3;2*1-2/h4-11H,19H2,1-3H3,(H,20,21);2*1-2H3. The van der Waals surface area contributed by atoms with Gasteiger partial charge >= 0.3 is 5.97 Å². The minimum Gasteiger partial charge on any atom is -0.489 e. The quantitative estimate of drug-likeness (QED) is 0.546. The molecule has 3 N–H and O–H groups in total. The summed E-state index contributed by atoms with van der Waals surface area (Å²) in [6.45, 7) is 11.8. The number of methoxy groups -OCH3 is 1. The molecule has 1 amide bonds. The lowest BCUT2D eigenvalue weighted by Gasteiger charge is -2.13. The summed E-state index contributed by atoms with van der Waals surface area (Å²) in [5, 5.41) is 2.75. The number of rotatable bonds is 5. The normalized spacial score (nSPS) is 9.29. The molecule has 0 saturated carbocycles. The molecule has 0 unspecified atom stereocenters. The van der Waals surface area contributed by atoms with Crippen molar-refractivity contribution in [1.29, 1.82) is 0 Å². The highest BCUT2D eigenvalue weighted by Crippen LogP contribution is 2.24.